The highest BCUT2D eigenvalue weighted by molar-refractivity contribution is 6.91. The van der Waals surface area contributed by atoms with Crippen LogP contribution >= 0.6 is 11.6 Å². The van der Waals surface area contributed by atoms with Gasteiger partial charge < -0.3 is 0 Å². The number of hydrogen-bond donors (Lipinski definition) is 0. The zero-order chi connectivity index (χ0) is 12.9. The number of alkyl halides is 4. The van der Waals surface area contributed by atoms with Crippen LogP contribution in [0.3, 0.4) is 0 Å². The molecule has 0 aromatic heterocycles. The van der Waals surface area contributed by atoms with Crippen molar-refractivity contribution in [2.45, 2.75) is 31.2 Å². The van der Waals surface area contributed by atoms with Gasteiger partial charge in [-0.1, -0.05) is 48.1 Å². The highest BCUT2D eigenvalue weighted by Crippen LogP contribution is 2.30. The van der Waals surface area contributed by atoms with E-state index in [0.717, 1.165) is 5.19 Å². The molecule has 1 aromatic carbocycles. The lowest BCUT2D eigenvalue weighted by Gasteiger charge is -2.28. The molecule has 1 unspecified atom stereocenters. The third-order valence-corrected chi connectivity index (χ3v) is 7.56. The van der Waals surface area contributed by atoms with Gasteiger partial charge in [-0.05, 0) is 6.42 Å². The van der Waals surface area contributed by atoms with Gasteiger partial charge in [-0.25, -0.2) is 0 Å². The molecular weight excluding hydrogens is 265 g/mol. The molecule has 0 saturated carbocycles. The zero-order valence-electron chi connectivity index (χ0n) is 9.73. The van der Waals surface area contributed by atoms with E-state index in [4.69, 9.17) is 11.6 Å². The molecule has 1 atom stereocenters. The Kier molecular flexibility index (Phi) is 5.07. The van der Waals surface area contributed by atoms with Crippen LogP contribution in [0.2, 0.25) is 18.6 Å². The van der Waals surface area contributed by atoms with Crippen LogP contribution < -0.4 is 5.19 Å². The van der Waals surface area contributed by atoms with Crippen molar-refractivity contribution >= 4 is 24.9 Å². The van der Waals surface area contributed by atoms with Crippen molar-refractivity contribution in [2.24, 2.45) is 0 Å². The predicted octanol–water partition coefficient (Wildman–Crippen LogP) is 4.16. The Balaban J connectivity index is 2.93. The second-order valence-corrected chi connectivity index (χ2v) is 9.44. The highest BCUT2D eigenvalue weighted by atomic mass is 35.5. The summed E-state index contributed by atoms with van der Waals surface area (Å²) in [4.78, 5) is 0. The van der Waals surface area contributed by atoms with Gasteiger partial charge in [-0.15, -0.1) is 11.6 Å². The van der Waals surface area contributed by atoms with Crippen molar-refractivity contribution in [2.75, 3.05) is 5.88 Å². The third kappa shape index (κ3) is 4.72. The summed E-state index contributed by atoms with van der Waals surface area (Å²) < 4.78 is 38.0. The van der Waals surface area contributed by atoms with Crippen LogP contribution in [-0.2, 0) is 0 Å². The van der Waals surface area contributed by atoms with Crippen LogP contribution in [0, 0.1) is 0 Å². The summed E-state index contributed by atoms with van der Waals surface area (Å²) in [6.45, 7) is 1.79. The molecule has 17 heavy (non-hydrogen) atoms. The normalized spacial score (nSPS) is 15.6. The maximum absolute atomic E-state index is 12.7. The quantitative estimate of drug-likeness (QED) is 0.561. The Morgan fingerprint density at radius 1 is 1.18 bits per heavy atom. The van der Waals surface area contributed by atoms with E-state index in [1.807, 2.05) is 18.2 Å². The van der Waals surface area contributed by atoms with Gasteiger partial charge in [0.1, 0.15) is 0 Å². The van der Waals surface area contributed by atoms with Crippen molar-refractivity contribution in [1.82, 2.24) is 0 Å². The van der Waals surface area contributed by atoms with Gasteiger partial charge >= 0.3 is 6.18 Å². The smallest absolute Gasteiger partial charge is 0.172 e. The molecule has 1 rings (SSSR count). The Morgan fingerprint density at radius 3 is 2.24 bits per heavy atom. The average Bonchev–Trinajstić information content (AvgIpc) is 2.25. The van der Waals surface area contributed by atoms with E-state index in [-0.39, 0.29) is 0 Å². The van der Waals surface area contributed by atoms with Gasteiger partial charge in [0, 0.05) is 11.9 Å². The molecule has 0 fully saturated rings. The molecule has 0 heterocycles. The van der Waals surface area contributed by atoms with E-state index < -0.39 is 20.3 Å². The molecule has 0 radical (unpaired) electrons. The first-order valence-corrected chi connectivity index (χ1v) is 9.00. The summed E-state index contributed by atoms with van der Waals surface area (Å²) >= 11 is 5.61. The maximum Gasteiger partial charge on any atom is 0.387 e. The maximum atomic E-state index is 12.7. The molecule has 0 amide bonds. The summed E-state index contributed by atoms with van der Waals surface area (Å²) in [6, 6.07) is 8.97. The molecular formula is C12H16ClF3Si. The fourth-order valence-electron chi connectivity index (χ4n) is 2.07. The standard InChI is InChI=1S/C12H16ClF3Si/c1-17(9-5-8-13,10-12(14,15)16)11-6-3-2-4-7-11/h2-4,6-7H,5,8-10H2,1H3. The second kappa shape index (κ2) is 5.91. The first-order valence-electron chi connectivity index (χ1n) is 5.56. The van der Waals surface area contributed by atoms with Crippen LogP contribution in [0.1, 0.15) is 6.42 Å². The fourth-order valence-corrected chi connectivity index (χ4v) is 5.94. The molecule has 96 valence electrons. The Hall–Kier alpha value is -0.483. The molecule has 0 spiro atoms. The summed E-state index contributed by atoms with van der Waals surface area (Å²) in [5.41, 5.74) is 0. The summed E-state index contributed by atoms with van der Waals surface area (Å²) in [5.74, 6) is 0.424. The molecule has 0 aliphatic heterocycles. The lowest BCUT2D eigenvalue weighted by atomic mass is 10.4. The van der Waals surface area contributed by atoms with Gasteiger partial charge in [0.25, 0.3) is 0 Å². The molecule has 0 bridgehead atoms. The molecule has 0 aliphatic rings. The van der Waals surface area contributed by atoms with E-state index in [1.165, 1.54) is 0 Å². The van der Waals surface area contributed by atoms with Crippen LogP contribution in [-0.4, -0.2) is 20.1 Å². The molecule has 0 aliphatic carbocycles. The lowest BCUT2D eigenvalue weighted by molar-refractivity contribution is -0.110. The van der Waals surface area contributed by atoms with Crippen molar-refractivity contribution in [1.29, 1.82) is 0 Å². The monoisotopic (exact) mass is 280 g/mol. The largest absolute Gasteiger partial charge is 0.387 e. The Morgan fingerprint density at radius 2 is 1.76 bits per heavy atom. The van der Waals surface area contributed by atoms with E-state index in [9.17, 15) is 13.2 Å². The van der Waals surface area contributed by atoms with Crippen molar-refractivity contribution in [3.05, 3.63) is 30.3 Å². The van der Waals surface area contributed by atoms with Crippen LogP contribution in [0.4, 0.5) is 13.2 Å². The number of halogens is 4. The minimum absolute atomic E-state index is 0.424. The van der Waals surface area contributed by atoms with Gasteiger partial charge in [0.05, 0.1) is 8.07 Å². The fraction of sp³-hybridized carbons (Fsp3) is 0.500. The first kappa shape index (κ1) is 14.6. The summed E-state index contributed by atoms with van der Waals surface area (Å²) in [7, 11) is -2.49. The SMILES string of the molecule is C[Si](CCCCl)(CC(F)(F)F)c1ccccc1. The number of benzene rings is 1. The first-order chi connectivity index (χ1) is 7.87. The summed E-state index contributed by atoms with van der Waals surface area (Å²) in [6.07, 6.45) is -3.45. The summed E-state index contributed by atoms with van der Waals surface area (Å²) in [5, 5.41) is 0.863. The van der Waals surface area contributed by atoms with E-state index in [0.29, 0.717) is 18.3 Å². The number of hydrogen-bond acceptors (Lipinski definition) is 0. The molecule has 0 N–H and O–H groups in total. The topological polar surface area (TPSA) is 0 Å². The lowest BCUT2D eigenvalue weighted by Crippen LogP contribution is -2.47. The van der Waals surface area contributed by atoms with Crippen LogP contribution in [0.5, 0.6) is 0 Å². The van der Waals surface area contributed by atoms with Gasteiger partial charge in [-0.3, -0.25) is 0 Å². The van der Waals surface area contributed by atoms with E-state index in [2.05, 4.69) is 0 Å². The highest BCUT2D eigenvalue weighted by Gasteiger charge is 2.41. The Bertz CT molecular complexity index is 339. The van der Waals surface area contributed by atoms with Crippen molar-refractivity contribution in [3.63, 3.8) is 0 Å². The van der Waals surface area contributed by atoms with E-state index in [1.54, 1.807) is 18.7 Å². The van der Waals surface area contributed by atoms with Crippen molar-refractivity contribution in [3.8, 4) is 0 Å². The minimum Gasteiger partial charge on any atom is -0.172 e. The molecule has 0 saturated heterocycles. The van der Waals surface area contributed by atoms with Crippen LogP contribution in [0.15, 0.2) is 30.3 Å². The van der Waals surface area contributed by atoms with Gasteiger partial charge in [0.15, 0.2) is 0 Å². The molecule has 0 nitrogen and oxygen atoms in total. The van der Waals surface area contributed by atoms with Gasteiger partial charge in [0.2, 0.25) is 0 Å². The Labute approximate surface area is 106 Å². The third-order valence-electron chi connectivity index (χ3n) is 2.92. The van der Waals surface area contributed by atoms with Crippen LogP contribution in [0.25, 0.3) is 0 Å². The number of rotatable bonds is 5. The van der Waals surface area contributed by atoms with Crippen molar-refractivity contribution < 1.29 is 13.2 Å². The van der Waals surface area contributed by atoms with Gasteiger partial charge in [-0.2, -0.15) is 13.2 Å². The molecule has 5 heteroatoms. The van der Waals surface area contributed by atoms with E-state index >= 15 is 0 Å². The predicted molar refractivity (Wildman–Crippen MR) is 68.7 cm³/mol. The average molecular weight is 281 g/mol. The second-order valence-electron chi connectivity index (χ2n) is 4.51. The zero-order valence-corrected chi connectivity index (χ0v) is 11.5. The minimum atomic E-state index is -4.09. The molecule has 1 aromatic rings.